The molecule has 0 fully saturated rings. The highest BCUT2D eigenvalue weighted by Gasteiger charge is 2.22. The zero-order valence-corrected chi connectivity index (χ0v) is 13.7. The number of hydrogen-bond acceptors (Lipinski definition) is 3. The van der Waals surface area contributed by atoms with Crippen molar-refractivity contribution in [2.75, 3.05) is 6.61 Å². The van der Waals surface area contributed by atoms with Gasteiger partial charge in [0.25, 0.3) is 9.05 Å². The summed E-state index contributed by atoms with van der Waals surface area (Å²) in [5.41, 5.74) is 0.601. The molecule has 1 rings (SSSR count). The average Bonchev–Trinajstić information content (AvgIpc) is 2.32. The van der Waals surface area contributed by atoms with Crippen molar-refractivity contribution in [1.82, 2.24) is 0 Å². The summed E-state index contributed by atoms with van der Waals surface area (Å²) >= 11 is 0. The maximum Gasteiger partial charge on any atom is 0.261 e. The molecule has 0 aliphatic carbocycles. The van der Waals surface area contributed by atoms with Crippen molar-refractivity contribution in [2.45, 2.75) is 43.9 Å². The minimum Gasteiger partial charge on any atom is -0.493 e. The van der Waals surface area contributed by atoms with Crippen LogP contribution in [0.25, 0.3) is 0 Å². The molecule has 0 heterocycles. The molecular weight excluding hydrogens is 296 g/mol. The second kappa shape index (κ2) is 6.64. The Hall–Kier alpha value is -1.00. The number of halogens is 1. The summed E-state index contributed by atoms with van der Waals surface area (Å²) in [6.45, 7) is 10.2. The van der Waals surface area contributed by atoms with E-state index >= 15 is 0 Å². The third-order valence-electron chi connectivity index (χ3n) is 2.85. The van der Waals surface area contributed by atoms with Crippen LogP contribution in [0, 0.1) is 0 Å². The van der Waals surface area contributed by atoms with Crippen LogP contribution in [0.5, 0.6) is 5.75 Å². The molecule has 20 heavy (non-hydrogen) atoms. The fourth-order valence-corrected chi connectivity index (χ4v) is 2.56. The molecule has 0 aliphatic rings. The first-order valence-electron chi connectivity index (χ1n) is 6.49. The zero-order chi connectivity index (χ0) is 15.4. The van der Waals surface area contributed by atoms with Crippen molar-refractivity contribution in [2.24, 2.45) is 0 Å². The Morgan fingerprint density at radius 3 is 2.50 bits per heavy atom. The molecule has 1 aromatic carbocycles. The quantitative estimate of drug-likeness (QED) is 0.447. The lowest BCUT2D eigenvalue weighted by Crippen LogP contribution is -2.14. The predicted molar refractivity (Wildman–Crippen MR) is 83.1 cm³/mol. The van der Waals surface area contributed by atoms with Crippen LogP contribution >= 0.6 is 10.7 Å². The summed E-state index contributed by atoms with van der Waals surface area (Å²) in [5, 5.41) is 0. The average molecular weight is 317 g/mol. The Balaban J connectivity index is 3.08. The first-order chi connectivity index (χ1) is 9.16. The molecule has 0 amide bonds. The SMILES string of the molecule is C=CCCCOc1ccc(S(=O)(=O)Cl)cc1C(C)(C)C. The molecular formula is C15H21ClO3S. The van der Waals surface area contributed by atoms with Gasteiger partial charge in [-0.15, -0.1) is 6.58 Å². The Labute approximate surface area is 126 Å². The highest BCUT2D eigenvalue weighted by molar-refractivity contribution is 8.13. The smallest absolute Gasteiger partial charge is 0.261 e. The van der Waals surface area contributed by atoms with E-state index in [0.29, 0.717) is 12.4 Å². The summed E-state index contributed by atoms with van der Waals surface area (Å²) in [5.74, 6) is 0.700. The van der Waals surface area contributed by atoms with Gasteiger partial charge in [0.2, 0.25) is 0 Å². The van der Waals surface area contributed by atoms with Crippen LogP contribution in [0.3, 0.4) is 0 Å². The molecule has 5 heteroatoms. The fraction of sp³-hybridized carbons (Fsp3) is 0.467. The summed E-state index contributed by atoms with van der Waals surface area (Å²) in [4.78, 5) is 0.0996. The van der Waals surface area contributed by atoms with Gasteiger partial charge < -0.3 is 4.74 Å². The molecule has 0 aromatic heterocycles. The highest BCUT2D eigenvalue weighted by atomic mass is 35.7. The number of ether oxygens (including phenoxy) is 1. The molecule has 1 aromatic rings. The highest BCUT2D eigenvalue weighted by Crippen LogP contribution is 2.34. The Morgan fingerprint density at radius 1 is 1.35 bits per heavy atom. The third-order valence-corrected chi connectivity index (χ3v) is 4.20. The summed E-state index contributed by atoms with van der Waals surface area (Å²) in [7, 11) is 1.67. The van der Waals surface area contributed by atoms with Gasteiger partial charge in [0.1, 0.15) is 5.75 Å². The van der Waals surface area contributed by atoms with E-state index in [9.17, 15) is 8.42 Å². The van der Waals surface area contributed by atoms with Crippen LogP contribution in [0.2, 0.25) is 0 Å². The van der Waals surface area contributed by atoms with E-state index in [1.807, 2.05) is 26.8 Å². The minimum absolute atomic E-state index is 0.0996. The lowest BCUT2D eigenvalue weighted by molar-refractivity contribution is 0.303. The molecule has 0 N–H and O–H groups in total. The Morgan fingerprint density at radius 2 is 2.00 bits per heavy atom. The molecule has 0 radical (unpaired) electrons. The molecule has 0 saturated carbocycles. The Bertz CT molecular complexity index is 571. The molecule has 0 bridgehead atoms. The Kier molecular flexibility index (Phi) is 5.66. The lowest BCUT2D eigenvalue weighted by Gasteiger charge is -2.23. The van der Waals surface area contributed by atoms with Gasteiger partial charge in [-0.3, -0.25) is 0 Å². The zero-order valence-electron chi connectivity index (χ0n) is 12.1. The van der Waals surface area contributed by atoms with E-state index in [-0.39, 0.29) is 10.3 Å². The van der Waals surface area contributed by atoms with Crippen molar-refractivity contribution >= 4 is 19.7 Å². The van der Waals surface area contributed by atoms with Crippen LogP contribution in [0.15, 0.2) is 35.7 Å². The molecule has 112 valence electrons. The van der Waals surface area contributed by atoms with E-state index in [2.05, 4.69) is 6.58 Å². The van der Waals surface area contributed by atoms with Crippen LogP contribution < -0.4 is 4.74 Å². The van der Waals surface area contributed by atoms with E-state index in [4.69, 9.17) is 15.4 Å². The summed E-state index contributed by atoms with van der Waals surface area (Å²) in [6.07, 6.45) is 3.61. The third kappa shape index (κ3) is 4.84. The van der Waals surface area contributed by atoms with Gasteiger partial charge in [0.15, 0.2) is 0 Å². The number of unbranched alkanes of at least 4 members (excludes halogenated alkanes) is 1. The van der Waals surface area contributed by atoms with Gasteiger partial charge in [-0.25, -0.2) is 8.42 Å². The van der Waals surface area contributed by atoms with E-state index in [0.717, 1.165) is 18.4 Å². The number of benzene rings is 1. The molecule has 0 spiro atoms. The van der Waals surface area contributed by atoms with Gasteiger partial charge in [0.05, 0.1) is 11.5 Å². The molecule has 0 saturated heterocycles. The van der Waals surface area contributed by atoms with Crippen molar-refractivity contribution < 1.29 is 13.2 Å². The molecule has 0 atom stereocenters. The van der Waals surface area contributed by atoms with Crippen molar-refractivity contribution in [3.05, 3.63) is 36.4 Å². The first-order valence-corrected chi connectivity index (χ1v) is 8.80. The number of allylic oxidation sites excluding steroid dienone is 1. The number of hydrogen-bond donors (Lipinski definition) is 0. The normalized spacial score (nSPS) is 12.2. The largest absolute Gasteiger partial charge is 0.493 e. The topological polar surface area (TPSA) is 43.4 Å². The van der Waals surface area contributed by atoms with Gasteiger partial charge >= 0.3 is 0 Å². The van der Waals surface area contributed by atoms with E-state index < -0.39 is 9.05 Å². The molecule has 0 aliphatic heterocycles. The van der Waals surface area contributed by atoms with Gasteiger partial charge in [0, 0.05) is 16.2 Å². The fourth-order valence-electron chi connectivity index (χ4n) is 1.78. The van der Waals surface area contributed by atoms with Crippen molar-refractivity contribution in [3.63, 3.8) is 0 Å². The van der Waals surface area contributed by atoms with Gasteiger partial charge in [-0.05, 0) is 36.5 Å². The predicted octanol–water partition coefficient (Wildman–Crippen LogP) is 4.26. The molecule has 3 nitrogen and oxygen atoms in total. The summed E-state index contributed by atoms with van der Waals surface area (Å²) < 4.78 is 28.6. The van der Waals surface area contributed by atoms with Crippen molar-refractivity contribution in [1.29, 1.82) is 0 Å². The van der Waals surface area contributed by atoms with E-state index in [1.54, 1.807) is 12.1 Å². The lowest BCUT2D eigenvalue weighted by atomic mass is 9.86. The first kappa shape index (κ1) is 17.1. The monoisotopic (exact) mass is 316 g/mol. The maximum atomic E-state index is 11.4. The second-order valence-corrected chi connectivity index (χ2v) is 8.19. The van der Waals surface area contributed by atoms with Crippen LogP contribution in [-0.2, 0) is 14.5 Å². The van der Waals surface area contributed by atoms with Gasteiger partial charge in [-0.2, -0.15) is 0 Å². The summed E-state index contributed by atoms with van der Waals surface area (Å²) in [6, 6.07) is 4.73. The van der Waals surface area contributed by atoms with Crippen LogP contribution in [0.1, 0.15) is 39.2 Å². The molecule has 0 unspecified atom stereocenters. The van der Waals surface area contributed by atoms with Gasteiger partial charge in [-0.1, -0.05) is 26.8 Å². The maximum absolute atomic E-state index is 11.4. The van der Waals surface area contributed by atoms with E-state index in [1.165, 1.54) is 6.07 Å². The standard InChI is InChI=1S/C15H21ClO3S/c1-5-6-7-10-19-14-9-8-12(20(16,17)18)11-13(14)15(2,3)4/h5,8-9,11H,1,6-7,10H2,2-4H3. The van der Waals surface area contributed by atoms with Crippen LogP contribution in [-0.4, -0.2) is 15.0 Å². The van der Waals surface area contributed by atoms with Crippen molar-refractivity contribution in [3.8, 4) is 5.75 Å². The second-order valence-electron chi connectivity index (χ2n) is 5.63. The number of rotatable bonds is 6. The van der Waals surface area contributed by atoms with Crippen LogP contribution in [0.4, 0.5) is 0 Å². The minimum atomic E-state index is -3.73.